The van der Waals surface area contributed by atoms with Gasteiger partial charge in [-0.25, -0.2) is 0 Å². The summed E-state index contributed by atoms with van der Waals surface area (Å²) >= 11 is 0. The van der Waals surface area contributed by atoms with E-state index in [1.807, 2.05) is 0 Å². The summed E-state index contributed by atoms with van der Waals surface area (Å²) < 4.78 is 35.7. The van der Waals surface area contributed by atoms with Crippen LogP contribution in [0.25, 0.3) is 0 Å². The number of rotatable bonds is 6. The lowest BCUT2D eigenvalue weighted by Crippen LogP contribution is -2.09. The molecule has 0 saturated heterocycles. The summed E-state index contributed by atoms with van der Waals surface area (Å²) in [5.41, 5.74) is 1.03. The predicted octanol–water partition coefficient (Wildman–Crippen LogP) is 4.05. The van der Waals surface area contributed by atoms with E-state index in [0.717, 1.165) is 5.56 Å². The molecule has 1 aromatic carbocycles. The Labute approximate surface area is 108 Å². The lowest BCUT2D eigenvalue weighted by molar-refractivity contribution is -0.384. The Hall–Kier alpha value is -1.79. The smallest absolute Gasteiger partial charge is 0.379 e. The molecule has 1 N–H and O–H groups in total. The number of hydrogen-bond donors (Lipinski definition) is 1. The molecular weight excluding hydrogens is 261 g/mol. The molecule has 0 fully saturated rings. The summed E-state index contributed by atoms with van der Waals surface area (Å²) in [6.45, 7) is 2.01. The fourth-order valence-electron chi connectivity index (χ4n) is 1.62. The second-order valence-corrected chi connectivity index (χ2v) is 4.28. The number of nitrogens with one attached hydrogen (secondary N) is 1. The van der Waals surface area contributed by atoms with Gasteiger partial charge in [0.25, 0.3) is 5.69 Å². The lowest BCUT2D eigenvalue weighted by Gasteiger charge is -2.08. The zero-order valence-corrected chi connectivity index (χ0v) is 10.5. The van der Waals surface area contributed by atoms with Crippen molar-refractivity contribution in [2.75, 3.05) is 11.9 Å². The minimum Gasteiger partial charge on any atom is -0.379 e. The molecule has 0 aliphatic carbocycles. The number of aryl methyl sites for hydroxylation is 1. The molecular formula is C12H15F3N2O2. The van der Waals surface area contributed by atoms with Gasteiger partial charge in [-0.3, -0.25) is 10.1 Å². The molecule has 0 spiro atoms. The highest BCUT2D eigenvalue weighted by Crippen LogP contribution is 2.26. The van der Waals surface area contributed by atoms with Gasteiger partial charge >= 0.3 is 6.18 Å². The average Bonchev–Trinajstić information content (AvgIpc) is 2.28. The summed E-state index contributed by atoms with van der Waals surface area (Å²) in [5.74, 6) is 0. The van der Waals surface area contributed by atoms with Crippen molar-refractivity contribution in [3.05, 3.63) is 33.9 Å². The SMILES string of the molecule is Cc1ccc(NCCCCC(F)(F)F)c([N+](=O)[O-])c1. The van der Waals surface area contributed by atoms with Gasteiger partial charge in [-0.05, 0) is 31.4 Å². The van der Waals surface area contributed by atoms with Crippen molar-refractivity contribution in [3.8, 4) is 0 Å². The summed E-state index contributed by atoms with van der Waals surface area (Å²) in [6.07, 6.45) is -4.65. The van der Waals surface area contributed by atoms with Crippen molar-refractivity contribution >= 4 is 11.4 Å². The van der Waals surface area contributed by atoms with Crippen molar-refractivity contribution < 1.29 is 18.1 Å². The third kappa shape index (κ3) is 5.58. The third-order valence-corrected chi connectivity index (χ3v) is 2.55. The second kappa shape index (κ2) is 6.40. The van der Waals surface area contributed by atoms with Crippen molar-refractivity contribution in [1.82, 2.24) is 0 Å². The number of anilines is 1. The maximum atomic E-state index is 11.9. The molecule has 0 radical (unpaired) electrons. The van der Waals surface area contributed by atoms with Crippen LogP contribution in [0.5, 0.6) is 0 Å². The molecule has 19 heavy (non-hydrogen) atoms. The molecule has 0 aliphatic heterocycles. The minimum absolute atomic E-state index is 0.0101. The van der Waals surface area contributed by atoms with Gasteiger partial charge in [0, 0.05) is 19.0 Å². The Bertz CT molecular complexity index is 447. The maximum absolute atomic E-state index is 11.9. The zero-order chi connectivity index (χ0) is 14.5. The number of unbranched alkanes of at least 4 members (excludes halogenated alkanes) is 1. The first-order valence-corrected chi connectivity index (χ1v) is 5.85. The van der Waals surface area contributed by atoms with Crippen LogP contribution in [0.15, 0.2) is 18.2 Å². The van der Waals surface area contributed by atoms with Crippen molar-refractivity contribution in [1.29, 1.82) is 0 Å². The Kier molecular flexibility index (Phi) is 5.14. The number of benzene rings is 1. The normalized spacial score (nSPS) is 11.4. The van der Waals surface area contributed by atoms with Crippen molar-refractivity contribution in [3.63, 3.8) is 0 Å². The van der Waals surface area contributed by atoms with E-state index in [1.165, 1.54) is 6.07 Å². The Morgan fingerprint density at radius 3 is 2.58 bits per heavy atom. The average molecular weight is 276 g/mol. The van der Waals surface area contributed by atoms with E-state index >= 15 is 0 Å². The van der Waals surface area contributed by atoms with E-state index in [-0.39, 0.29) is 18.7 Å². The highest BCUT2D eigenvalue weighted by Gasteiger charge is 2.25. The number of alkyl halides is 3. The van der Waals surface area contributed by atoms with Gasteiger partial charge in [0.1, 0.15) is 5.69 Å². The summed E-state index contributed by atoms with van der Waals surface area (Å²) in [6, 6.07) is 4.71. The maximum Gasteiger partial charge on any atom is 0.389 e. The third-order valence-electron chi connectivity index (χ3n) is 2.55. The van der Waals surface area contributed by atoms with Crippen molar-refractivity contribution in [2.45, 2.75) is 32.4 Å². The first kappa shape index (κ1) is 15.3. The summed E-state index contributed by atoms with van der Waals surface area (Å²) in [7, 11) is 0. The molecule has 0 bridgehead atoms. The molecule has 1 rings (SSSR count). The van der Waals surface area contributed by atoms with Gasteiger partial charge in [0.2, 0.25) is 0 Å². The van der Waals surface area contributed by atoms with Gasteiger partial charge in [-0.15, -0.1) is 0 Å². The fraction of sp³-hybridized carbons (Fsp3) is 0.500. The Balaban J connectivity index is 2.47. The van der Waals surface area contributed by atoms with E-state index in [0.29, 0.717) is 12.1 Å². The van der Waals surface area contributed by atoms with Crippen LogP contribution >= 0.6 is 0 Å². The molecule has 1 aromatic rings. The van der Waals surface area contributed by atoms with E-state index < -0.39 is 17.5 Å². The number of halogens is 3. The van der Waals surface area contributed by atoms with Crippen LogP contribution in [-0.4, -0.2) is 17.6 Å². The first-order valence-electron chi connectivity index (χ1n) is 5.85. The fourth-order valence-corrected chi connectivity index (χ4v) is 1.62. The van der Waals surface area contributed by atoms with E-state index in [9.17, 15) is 23.3 Å². The van der Waals surface area contributed by atoms with Crippen LogP contribution < -0.4 is 5.32 Å². The number of nitrogens with zero attached hydrogens (tertiary/aromatic N) is 1. The van der Waals surface area contributed by atoms with Gasteiger partial charge in [-0.1, -0.05) is 6.07 Å². The standard InChI is InChI=1S/C12H15F3N2O2/c1-9-4-5-10(11(8-9)17(18)19)16-7-3-2-6-12(13,14)15/h4-5,8,16H,2-3,6-7H2,1H3. The van der Waals surface area contributed by atoms with E-state index in [4.69, 9.17) is 0 Å². The highest BCUT2D eigenvalue weighted by atomic mass is 19.4. The molecule has 0 atom stereocenters. The van der Waals surface area contributed by atoms with Crippen LogP contribution in [0.3, 0.4) is 0 Å². The summed E-state index contributed by atoms with van der Waals surface area (Å²) in [5, 5.41) is 13.6. The monoisotopic (exact) mass is 276 g/mol. The molecule has 4 nitrogen and oxygen atoms in total. The van der Waals surface area contributed by atoms with Crippen LogP contribution in [0.4, 0.5) is 24.5 Å². The highest BCUT2D eigenvalue weighted by molar-refractivity contribution is 5.62. The number of nitro groups is 1. The Morgan fingerprint density at radius 2 is 2.00 bits per heavy atom. The van der Waals surface area contributed by atoms with Crippen LogP contribution in [0.1, 0.15) is 24.8 Å². The molecule has 0 unspecified atom stereocenters. The molecule has 0 aromatic heterocycles. The van der Waals surface area contributed by atoms with Crippen molar-refractivity contribution in [2.24, 2.45) is 0 Å². The van der Waals surface area contributed by atoms with Crippen LogP contribution in [-0.2, 0) is 0 Å². The van der Waals surface area contributed by atoms with Crippen LogP contribution in [0, 0.1) is 17.0 Å². The zero-order valence-electron chi connectivity index (χ0n) is 10.5. The Morgan fingerprint density at radius 1 is 1.32 bits per heavy atom. The molecule has 106 valence electrons. The quantitative estimate of drug-likeness (QED) is 0.484. The van der Waals surface area contributed by atoms with Crippen LogP contribution in [0.2, 0.25) is 0 Å². The molecule has 7 heteroatoms. The van der Waals surface area contributed by atoms with E-state index in [1.54, 1.807) is 19.1 Å². The number of nitro benzene ring substituents is 1. The van der Waals surface area contributed by atoms with Gasteiger partial charge in [0.15, 0.2) is 0 Å². The lowest BCUT2D eigenvalue weighted by atomic mass is 10.2. The minimum atomic E-state index is -4.14. The first-order chi connectivity index (χ1) is 8.79. The molecule has 0 amide bonds. The summed E-state index contributed by atoms with van der Waals surface area (Å²) in [4.78, 5) is 10.3. The number of hydrogen-bond acceptors (Lipinski definition) is 3. The topological polar surface area (TPSA) is 55.2 Å². The predicted molar refractivity (Wildman–Crippen MR) is 66.2 cm³/mol. The second-order valence-electron chi connectivity index (χ2n) is 4.28. The molecule has 0 saturated carbocycles. The van der Waals surface area contributed by atoms with E-state index in [2.05, 4.69) is 5.32 Å². The largest absolute Gasteiger partial charge is 0.389 e. The van der Waals surface area contributed by atoms with Gasteiger partial charge in [-0.2, -0.15) is 13.2 Å². The molecule has 0 heterocycles. The van der Waals surface area contributed by atoms with Gasteiger partial charge < -0.3 is 5.32 Å². The molecule has 0 aliphatic rings. The van der Waals surface area contributed by atoms with Gasteiger partial charge in [0.05, 0.1) is 4.92 Å².